The molecule has 0 fully saturated rings. The molecule has 0 saturated heterocycles. The van der Waals surface area contributed by atoms with E-state index >= 15 is 0 Å². The van der Waals surface area contributed by atoms with E-state index in [9.17, 15) is 4.79 Å². The molecule has 1 nitrogen and oxygen atoms in total. The number of carbonyl (C=O) groups is 1. The molecule has 0 aromatic heterocycles. The van der Waals surface area contributed by atoms with Crippen molar-refractivity contribution in [2.45, 2.75) is 31.0 Å². The molecule has 50 valence electrons. The molecule has 0 aliphatic heterocycles. The minimum atomic E-state index is 0. The van der Waals surface area contributed by atoms with Crippen LogP contribution in [0.15, 0.2) is 0 Å². The number of rotatable bonds is 4. The number of aldehydes is 1. The van der Waals surface area contributed by atoms with Crippen LogP contribution in [0.1, 0.15) is 26.2 Å². The first kappa shape index (κ1) is 13.4. The molecule has 1 atom stereocenters. The van der Waals surface area contributed by atoms with E-state index in [1.54, 1.807) is 0 Å². The average Bonchev–Trinajstić information content (AvgIpc) is 1.83. The fraction of sp³-hybridized carbons (Fsp3) is 0.833. The second kappa shape index (κ2) is 9.79. The number of unbranched alkanes of at least 4 members (excludes halogenated alkanes) is 1. The van der Waals surface area contributed by atoms with Crippen LogP contribution in [0.4, 0.5) is 0 Å². The molecule has 0 radical (unpaired) electrons. The van der Waals surface area contributed by atoms with E-state index in [0.717, 1.165) is 25.5 Å². The number of hydrogen-bond acceptors (Lipinski definition) is 1. The van der Waals surface area contributed by atoms with Crippen LogP contribution in [0.25, 0.3) is 0 Å². The van der Waals surface area contributed by atoms with Gasteiger partial charge in [0.1, 0.15) is 6.29 Å². The van der Waals surface area contributed by atoms with Crippen LogP contribution in [0.2, 0.25) is 0 Å². The zero-order chi connectivity index (χ0) is 6.41. The molecule has 9 heavy (non-hydrogen) atoms. The molecule has 0 spiro atoms. The van der Waals surface area contributed by atoms with Crippen molar-refractivity contribution in [2.75, 3.05) is 0 Å². The zero-order valence-corrected chi connectivity index (χ0v) is 6.65. The molecule has 0 aromatic carbocycles. The predicted molar refractivity (Wildman–Crippen MR) is 45.5 cm³/mol. The second-order valence-corrected chi connectivity index (χ2v) is 2.97. The molecule has 0 amide bonds. The van der Waals surface area contributed by atoms with Gasteiger partial charge in [-0.15, -0.1) is 0 Å². The average molecular weight is 219 g/mol. The summed E-state index contributed by atoms with van der Waals surface area (Å²) in [5.41, 5.74) is 0. The van der Waals surface area contributed by atoms with Crippen molar-refractivity contribution in [3.05, 3.63) is 0 Å². The summed E-state index contributed by atoms with van der Waals surface area (Å²) in [5, 5.41) is 0. The van der Waals surface area contributed by atoms with Gasteiger partial charge >= 0.3 is 51.4 Å². The summed E-state index contributed by atoms with van der Waals surface area (Å²) >= 11 is 3.21. The van der Waals surface area contributed by atoms with Crippen molar-refractivity contribution >= 4 is 73.6 Å². The van der Waals surface area contributed by atoms with Gasteiger partial charge in [0.2, 0.25) is 0 Å². The fourth-order valence-corrected chi connectivity index (χ4v) is 0.791. The van der Waals surface area contributed by atoms with Crippen LogP contribution < -0.4 is 0 Å². The number of alkyl halides is 1. The molecule has 0 rings (SSSR count). The van der Waals surface area contributed by atoms with Crippen LogP contribution >= 0.6 is 15.9 Å². The van der Waals surface area contributed by atoms with Crippen LogP contribution in [0.5, 0.6) is 0 Å². The van der Waals surface area contributed by atoms with E-state index in [0.29, 0.717) is 0 Å². The zero-order valence-electron chi connectivity index (χ0n) is 5.06. The van der Waals surface area contributed by atoms with Crippen molar-refractivity contribution in [1.82, 2.24) is 0 Å². The monoisotopic (exact) mass is 218 g/mol. The van der Waals surface area contributed by atoms with Crippen molar-refractivity contribution in [3.63, 3.8) is 0 Å². The van der Waals surface area contributed by atoms with Gasteiger partial charge in [-0.2, -0.15) is 0 Å². The maximum absolute atomic E-state index is 9.96. The van der Waals surface area contributed by atoms with Gasteiger partial charge in [0.25, 0.3) is 0 Å². The number of carbonyl (C=O) groups excluding carboxylic acids is 1. The molecule has 0 aliphatic carbocycles. The molecule has 1 unspecified atom stereocenters. The summed E-state index contributed by atoms with van der Waals surface area (Å²) < 4.78 is 0. The van der Waals surface area contributed by atoms with Crippen molar-refractivity contribution in [2.24, 2.45) is 0 Å². The molecule has 0 N–H and O–H groups in total. The molecule has 0 heterocycles. The SMILES string of the molecule is CCCCC(Br)C=O.[KH]. The molecule has 0 aliphatic rings. The quantitative estimate of drug-likeness (QED) is 0.397. The van der Waals surface area contributed by atoms with Gasteiger partial charge in [-0.05, 0) is 6.42 Å². The standard InChI is InChI=1S/C6H11BrO.K.H/c1-2-3-4-6(7)5-8;;/h5-6H,2-4H2,1H3;;. The van der Waals surface area contributed by atoms with Crippen molar-refractivity contribution < 1.29 is 4.79 Å². The normalized spacial score (nSPS) is 11.8. The number of halogens is 1. The van der Waals surface area contributed by atoms with Gasteiger partial charge < -0.3 is 4.79 Å². The van der Waals surface area contributed by atoms with Gasteiger partial charge in [-0.25, -0.2) is 0 Å². The van der Waals surface area contributed by atoms with E-state index in [4.69, 9.17) is 0 Å². The third-order valence-electron chi connectivity index (χ3n) is 0.981. The minimum absolute atomic E-state index is 0. The van der Waals surface area contributed by atoms with Crippen LogP contribution in [0, 0.1) is 0 Å². The summed E-state index contributed by atoms with van der Waals surface area (Å²) in [4.78, 5) is 10.0. The van der Waals surface area contributed by atoms with Gasteiger partial charge in [0.05, 0.1) is 4.83 Å². The Bertz CT molecular complexity index is 68.1. The van der Waals surface area contributed by atoms with E-state index in [-0.39, 0.29) is 56.2 Å². The molecular weight excluding hydrogens is 207 g/mol. The Kier molecular flexibility index (Phi) is 14.6. The summed E-state index contributed by atoms with van der Waals surface area (Å²) in [5.74, 6) is 0. The van der Waals surface area contributed by atoms with E-state index < -0.39 is 0 Å². The molecule has 0 saturated carbocycles. The third-order valence-corrected chi connectivity index (χ3v) is 1.65. The first-order chi connectivity index (χ1) is 3.81. The second-order valence-electron chi connectivity index (χ2n) is 1.79. The maximum atomic E-state index is 9.96. The Morgan fingerprint density at radius 1 is 1.67 bits per heavy atom. The summed E-state index contributed by atoms with van der Waals surface area (Å²) in [6.45, 7) is 2.12. The first-order valence-corrected chi connectivity index (χ1v) is 3.82. The Labute approximate surface area is 108 Å². The van der Waals surface area contributed by atoms with Gasteiger partial charge in [0, 0.05) is 0 Å². The third kappa shape index (κ3) is 9.79. The molecular formula is C6H12BrKO. The topological polar surface area (TPSA) is 17.1 Å². The van der Waals surface area contributed by atoms with Crippen molar-refractivity contribution in [1.29, 1.82) is 0 Å². The predicted octanol–water partition coefficient (Wildman–Crippen LogP) is 1.49. The summed E-state index contributed by atoms with van der Waals surface area (Å²) in [7, 11) is 0. The summed E-state index contributed by atoms with van der Waals surface area (Å²) in [6, 6.07) is 0. The molecule has 0 bridgehead atoms. The van der Waals surface area contributed by atoms with Crippen LogP contribution in [-0.4, -0.2) is 62.5 Å². The van der Waals surface area contributed by atoms with E-state index in [1.165, 1.54) is 0 Å². The van der Waals surface area contributed by atoms with Gasteiger partial charge in [-0.1, -0.05) is 35.7 Å². The molecule has 0 aromatic rings. The Balaban J connectivity index is 0. The van der Waals surface area contributed by atoms with Crippen molar-refractivity contribution in [3.8, 4) is 0 Å². The van der Waals surface area contributed by atoms with Gasteiger partial charge in [-0.3, -0.25) is 0 Å². The van der Waals surface area contributed by atoms with Crippen LogP contribution in [-0.2, 0) is 4.79 Å². The molecule has 3 heteroatoms. The fourth-order valence-electron chi connectivity index (χ4n) is 0.467. The Morgan fingerprint density at radius 2 is 2.22 bits per heavy atom. The Hall–Kier alpha value is 1.79. The van der Waals surface area contributed by atoms with E-state index in [2.05, 4.69) is 22.9 Å². The first-order valence-electron chi connectivity index (χ1n) is 2.90. The van der Waals surface area contributed by atoms with Gasteiger partial charge in [0.15, 0.2) is 0 Å². The Morgan fingerprint density at radius 3 is 2.56 bits per heavy atom. The number of hydrogen-bond donors (Lipinski definition) is 0. The van der Waals surface area contributed by atoms with E-state index in [1.807, 2.05) is 0 Å². The van der Waals surface area contributed by atoms with Crippen LogP contribution in [0.3, 0.4) is 0 Å². The summed E-state index contributed by atoms with van der Waals surface area (Å²) in [6.07, 6.45) is 4.21.